The van der Waals surface area contributed by atoms with E-state index >= 15 is 0 Å². The Balaban J connectivity index is 1.27. The highest BCUT2D eigenvalue weighted by Gasteiger charge is 2.23. The van der Waals surface area contributed by atoms with Crippen LogP contribution in [0.25, 0.3) is 11.3 Å². The third-order valence-electron chi connectivity index (χ3n) is 7.96. The first-order valence-electron chi connectivity index (χ1n) is 16.3. The van der Waals surface area contributed by atoms with Gasteiger partial charge in [-0.2, -0.15) is 0 Å². The molecule has 0 atom stereocenters. The monoisotopic (exact) mass is 549 g/mol. The summed E-state index contributed by atoms with van der Waals surface area (Å²) in [6.45, 7) is 8.40. The van der Waals surface area contributed by atoms with Crippen LogP contribution in [0.1, 0.15) is 128 Å². The average Bonchev–Trinajstić information content (AvgIpc) is 3.00. The lowest BCUT2D eigenvalue weighted by atomic mass is 10.0. The average molecular weight is 550 g/mol. The van der Waals surface area contributed by atoms with Crippen molar-refractivity contribution in [1.29, 1.82) is 0 Å². The highest BCUT2D eigenvalue weighted by molar-refractivity contribution is 5.60. The van der Waals surface area contributed by atoms with Gasteiger partial charge in [0.15, 0.2) is 6.29 Å². The number of pyridine rings is 1. The van der Waals surface area contributed by atoms with Crippen molar-refractivity contribution in [3.05, 3.63) is 60.8 Å². The number of nitrogens with zero attached hydrogens (tertiary/aromatic N) is 1. The van der Waals surface area contributed by atoms with Crippen LogP contribution in [0.4, 0.5) is 0 Å². The van der Waals surface area contributed by atoms with Gasteiger partial charge in [-0.15, -0.1) is 6.58 Å². The number of benzene rings is 1. The third kappa shape index (κ3) is 13.0. The van der Waals surface area contributed by atoms with Gasteiger partial charge in [-0.1, -0.05) is 103 Å². The summed E-state index contributed by atoms with van der Waals surface area (Å²) in [5.41, 5.74) is 3.03. The van der Waals surface area contributed by atoms with Crippen molar-refractivity contribution in [3.63, 3.8) is 0 Å². The molecule has 40 heavy (non-hydrogen) atoms. The minimum absolute atomic E-state index is 0.305. The molecule has 1 aliphatic rings. The maximum Gasteiger partial charge on any atom is 0.185 e. The normalized spacial score (nSPS) is 17.1. The van der Waals surface area contributed by atoms with Crippen molar-refractivity contribution in [3.8, 4) is 17.0 Å². The molecule has 0 spiro atoms. The molecule has 0 amide bonds. The second kappa shape index (κ2) is 20.7. The van der Waals surface area contributed by atoms with Gasteiger partial charge in [0.05, 0.1) is 25.5 Å². The quantitative estimate of drug-likeness (QED) is 0.108. The number of rotatable bonds is 22. The van der Waals surface area contributed by atoms with E-state index < -0.39 is 0 Å². The number of allylic oxidation sites excluding steroid dienone is 1. The Morgan fingerprint density at radius 3 is 2.02 bits per heavy atom. The molecular weight excluding hydrogens is 494 g/mol. The molecule has 1 aromatic carbocycles. The van der Waals surface area contributed by atoms with Gasteiger partial charge in [-0.05, 0) is 56.0 Å². The van der Waals surface area contributed by atoms with E-state index in [4.69, 9.17) is 19.2 Å². The Hall–Kier alpha value is -2.17. The van der Waals surface area contributed by atoms with E-state index in [1.807, 2.05) is 24.4 Å². The number of hydrogen-bond donors (Lipinski definition) is 0. The van der Waals surface area contributed by atoms with Gasteiger partial charge in [0.25, 0.3) is 0 Å². The zero-order chi connectivity index (χ0) is 28.1. The first-order valence-corrected chi connectivity index (χ1v) is 16.3. The summed E-state index contributed by atoms with van der Waals surface area (Å²) in [4.78, 5) is 4.69. The van der Waals surface area contributed by atoms with E-state index in [1.165, 1.54) is 96.3 Å². The Morgan fingerprint density at radius 1 is 0.775 bits per heavy atom. The van der Waals surface area contributed by atoms with Crippen LogP contribution < -0.4 is 4.74 Å². The van der Waals surface area contributed by atoms with Crippen LogP contribution in [0, 0.1) is 5.92 Å². The van der Waals surface area contributed by atoms with Gasteiger partial charge in [0, 0.05) is 23.2 Å². The lowest BCUT2D eigenvalue weighted by Gasteiger charge is -2.29. The van der Waals surface area contributed by atoms with Gasteiger partial charge in [-0.3, -0.25) is 4.98 Å². The topological polar surface area (TPSA) is 40.6 Å². The summed E-state index contributed by atoms with van der Waals surface area (Å²) < 4.78 is 18.1. The number of ether oxygens (including phenoxy) is 3. The smallest absolute Gasteiger partial charge is 0.185 e. The van der Waals surface area contributed by atoms with Gasteiger partial charge >= 0.3 is 0 Å². The van der Waals surface area contributed by atoms with Crippen molar-refractivity contribution in [1.82, 2.24) is 4.98 Å². The standard InChI is InChI=1S/C36H55NO3/c1-3-5-7-9-11-13-14-16-18-20-31-29-39-36(40-30-31)33-23-26-35(37-28-33)32-21-24-34(25-22-32)38-27-19-17-15-12-10-8-6-4-2/h3,21-26,28,31,36H,1,4-20,27,29-30H2,2H3. The Bertz CT molecular complexity index is 887. The minimum Gasteiger partial charge on any atom is -0.494 e. The van der Waals surface area contributed by atoms with E-state index in [-0.39, 0.29) is 6.29 Å². The molecule has 1 saturated heterocycles. The molecule has 1 aliphatic heterocycles. The highest BCUT2D eigenvalue weighted by Crippen LogP contribution is 2.29. The Morgan fingerprint density at radius 2 is 1.40 bits per heavy atom. The molecule has 0 radical (unpaired) electrons. The number of aromatic nitrogens is 1. The fourth-order valence-electron chi connectivity index (χ4n) is 5.37. The summed E-state index contributed by atoms with van der Waals surface area (Å²) in [6.07, 6.45) is 25.8. The van der Waals surface area contributed by atoms with Crippen LogP contribution in [0.5, 0.6) is 5.75 Å². The predicted molar refractivity (Wildman–Crippen MR) is 168 cm³/mol. The fourth-order valence-corrected chi connectivity index (χ4v) is 5.37. The van der Waals surface area contributed by atoms with Crippen molar-refractivity contribution in [2.75, 3.05) is 19.8 Å². The summed E-state index contributed by atoms with van der Waals surface area (Å²) in [5, 5.41) is 0. The van der Waals surface area contributed by atoms with Crippen molar-refractivity contribution in [2.45, 2.75) is 122 Å². The summed E-state index contributed by atoms with van der Waals surface area (Å²) >= 11 is 0. The number of hydrogen-bond acceptors (Lipinski definition) is 4. The van der Waals surface area contributed by atoms with E-state index in [0.717, 1.165) is 55.2 Å². The van der Waals surface area contributed by atoms with Crippen LogP contribution in [-0.4, -0.2) is 24.8 Å². The Kier molecular flexibility index (Phi) is 16.7. The van der Waals surface area contributed by atoms with Crippen LogP contribution in [0.15, 0.2) is 55.3 Å². The van der Waals surface area contributed by atoms with Crippen molar-refractivity contribution >= 4 is 0 Å². The van der Waals surface area contributed by atoms with Gasteiger partial charge in [0.1, 0.15) is 5.75 Å². The molecular formula is C36H55NO3. The van der Waals surface area contributed by atoms with Crippen LogP contribution in [-0.2, 0) is 9.47 Å². The maximum atomic E-state index is 6.07. The molecule has 0 aliphatic carbocycles. The van der Waals surface area contributed by atoms with E-state index in [2.05, 4.69) is 37.8 Å². The molecule has 0 bridgehead atoms. The van der Waals surface area contributed by atoms with E-state index in [0.29, 0.717) is 5.92 Å². The molecule has 1 fully saturated rings. The van der Waals surface area contributed by atoms with Gasteiger partial charge in [0.2, 0.25) is 0 Å². The minimum atomic E-state index is -0.305. The van der Waals surface area contributed by atoms with Crippen LogP contribution >= 0.6 is 0 Å². The van der Waals surface area contributed by atoms with Gasteiger partial charge < -0.3 is 14.2 Å². The first-order chi connectivity index (χ1) is 19.8. The van der Waals surface area contributed by atoms with E-state index in [9.17, 15) is 0 Å². The lowest BCUT2D eigenvalue weighted by Crippen LogP contribution is -2.27. The van der Waals surface area contributed by atoms with Crippen LogP contribution in [0.2, 0.25) is 0 Å². The second-order valence-electron chi connectivity index (χ2n) is 11.5. The summed E-state index contributed by atoms with van der Waals surface area (Å²) in [7, 11) is 0. The first kappa shape index (κ1) is 32.3. The lowest BCUT2D eigenvalue weighted by molar-refractivity contribution is -0.206. The van der Waals surface area contributed by atoms with Crippen molar-refractivity contribution < 1.29 is 14.2 Å². The number of unbranched alkanes of at least 4 members (excludes halogenated alkanes) is 14. The summed E-state index contributed by atoms with van der Waals surface area (Å²) in [5.74, 6) is 1.44. The summed E-state index contributed by atoms with van der Waals surface area (Å²) in [6, 6.07) is 12.4. The van der Waals surface area contributed by atoms with Gasteiger partial charge in [-0.25, -0.2) is 0 Å². The highest BCUT2D eigenvalue weighted by atomic mass is 16.7. The molecule has 0 saturated carbocycles. The molecule has 2 aromatic rings. The second-order valence-corrected chi connectivity index (χ2v) is 11.5. The zero-order valence-corrected chi connectivity index (χ0v) is 25.3. The molecule has 2 heterocycles. The Labute approximate surface area is 244 Å². The predicted octanol–water partition coefficient (Wildman–Crippen LogP) is 10.6. The van der Waals surface area contributed by atoms with Crippen molar-refractivity contribution in [2.24, 2.45) is 5.92 Å². The molecule has 4 nitrogen and oxygen atoms in total. The molecule has 0 unspecified atom stereocenters. The molecule has 1 aromatic heterocycles. The molecule has 0 N–H and O–H groups in total. The SMILES string of the molecule is C=CCCCCCCCCCC1COC(c2ccc(-c3ccc(OCCCCCCCCCC)cc3)nc2)OC1. The molecule has 4 heteroatoms. The largest absolute Gasteiger partial charge is 0.494 e. The van der Waals surface area contributed by atoms with Crippen LogP contribution in [0.3, 0.4) is 0 Å². The fraction of sp³-hybridized carbons (Fsp3) is 0.639. The zero-order valence-electron chi connectivity index (χ0n) is 25.3. The van der Waals surface area contributed by atoms with E-state index in [1.54, 1.807) is 0 Å². The molecule has 222 valence electrons. The maximum absolute atomic E-state index is 6.07. The third-order valence-corrected chi connectivity index (χ3v) is 7.96. The molecule has 3 rings (SSSR count).